The van der Waals surface area contributed by atoms with Crippen LogP contribution in [-0.4, -0.2) is 18.0 Å². The Labute approximate surface area is 145 Å². The summed E-state index contributed by atoms with van der Waals surface area (Å²) in [5.74, 6) is 0.618. The van der Waals surface area contributed by atoms with E-state index in [1.165, 1.54) is 0 Å². The number of carbonyl (C=O) groups is 1. The summed E-state index contributed by atoms with van der Waals surface area (Å²) in [6.45, 7) is 0. The third-order valence-corrected chi connectivity index (χ3v) is 4.53. The predicted molar refractivity (Wildman–Crippen MR) is 98.5 cm³/mol. The van der Waals surface area contributed by atoms with Crippen LogP contribution in [0.4, 0.5) is 5.69 Å². The van der Waals surface area contributed by atoms with Crippen LogP contribution in [0.1, 0.15) is 17.9 Å². The molecule has 1 amide bonds. The number of aromatic nitrogens is 1. The zero-order chi connectivity index (χ0) is 17.2. The van der Waals surface area contributed by atoms with Crippen molar-refractivity contribution in [2.45, 2.75) is 12.3 Å². The van der Waals surface area contributed by atoms with E-state index in [9.17, 15) is 4.79 Å². The second kappa shape index (κ2) is 6.36. The molecule has 3 N–H and O–H groups in total. The molecule has 1 aromatic heterocycles. The minimum atomic E-state index is -0.217. The SMILES string of the molecule is COc1ccc(NC2=CNC(=O)C(c3cccc4[nH]ccc34)C2)cc1. The summed E-state index contributed by atoms with van der Waals surface area (Å²) >= 11 is 0. The Bertz CT molecular complexity index is 941. The van der Waals surface area contributed by atoms with Gasteiger partial charge >= 0.3 is 0 Å². The van der Waals surface area contributed by atoms with Gasteiger partial charge in [0.1, 0.15) is 5.75 Å². The average Bonchev–Trinajstić information content (AvgIpc) is 3.13. The zero-order valence-electron chi connectivity index (χ0n) is 13.9. The lowest BCUT2D eigenvalue weighted by Gasteiger charge is -2.24. The molecule has 0 bridgehead atoms. The van der Waals surface area contributed by atoms with E-state index >= 15 is 0 Å². The molecule has 25 heavy (non-hydrogen) atoms. The number of methoxy groups -OCH3 is 1. The maximum Gasteiger partial charge on any atom is 0.231 e. The number of allylic oxidation sites excluding steroid dienone is 1. The maximum atomic E-state index is 12.4. The number of aromatic amines is 1. The summed E-state index contributed by atoms with van der Waals surface area (Å²) in [4.78, 5) is 15.6. The van der Waals surface area contributed by atoms with Gasteiger partial charge in [0, 0.05) is 41.1 Å². The number of nitrogens with one attached hydrogen (secondary N) is 3. The minimum Gasteiger partial charge on any atom is -0.497 e. The van der Waals surface area contributed by atoms with E-state index in [-0.39, 0.29) is 11.8 Å². The van der Waals surface area contributed by atoms with Gasteiger partial charge in [-0.2, -0.15) is 0 Å². The number of ether oxygens (including phenoxy) is 1. The number of anilines is 1. The van der Waals surface area contributed by atoms with Crippen LogP contribution in [0.2, 0.25) is 0 Å². The van der Waals surface area contributed by atoms with Gasteiger partial charge in [0.25, 0.3) is 0 Å². The van der Waals surface area contributed by atoms with Gasteiger partial charge in [-0.1, -0.05) is 12.1 Å². The van der Waals surface area contributed by atoms with Crippen LogP contribution in [-0.2, 0) is 4.79 Å². The highest BCUT2D eigenvalue weighted by Gasteiger charge is 2.27. The second-order valence-electron chi connectivity index (χ2n) is 6.07. The van der Waals surface area contributed by atoms with Crippen LogP contribution in [0.15, 0.2) is 66.6 Å². The zero-order valence-corrected chi connectivity index (χ0v) is 13.9. The normalized spacial score (nSPS) is 17.1. The van der Waals surface area contributed by atoms with Crippen LogP contribution < -0.4 is 15.4 Å². The third kappa shape index (κ3) is 2.96. The van der Waals surface area contributed by atoms with Gasteiger partial charge in [-0.05, 0) is 42.0 Å². The highest BCUT2D eigenvalue weighted by Crippen LogP contribution is 2.32. The number of benzene rings is 2. The maximum absolute atomic E-state index is 12.4. The molecule has 2 aromatic carbocycles. The third-order valence-electron chi connectivity index (χ3n) is 4.53. The van der Waals surface area contributed by atoms with Gasteiger partial charge < -0.3 is 20.4 Å². The number of hydrogen-bond donors (Lipinski definition) is 3. The smallest absolute Gasteiger partial charge is 0.231 e. The molecule has 1 unspecified atom stereocenters. The highest BCUT2D eigenvalue weighted by molar-refractivity contribution is 5.93. The van der Waals surface area contributed by atoms with Gasteiger partial charge in [-0.25, -0.2) is 0 Å². The fourth-order valence-electron chi connectivity index (χ4n) is 3.24. The number of carbonyl (C=O) groups excluding carboxylic acids is 1. The Morgan fingerprint density at radius 3 is 2.76 bits per heavy atom. The van der Waals surface area contributed by atoms with Crippen molar-refractivity contribution < 1.29 is 9.53 Å². The predicted octanol–water partition coefficient (Wildman–Crippen LogP) is 3.73. The van der Waals surface area contributed by atoms with E-state index in [4.69, 9.17) is 4.74 Å². The molecule has 1 atom stereocenters. The molecule has 5 heteroatoms. The molecule has 0 saturated heterocycles. The van der Waals surface area contributed by atoms with Crippen molar-refractivity contribution in [1.29, 1.82) is 0 Å². The van der Waals surface area contributed by atoms with E-state index < -0.39 is 0 Å². The molecule has 0 spiro atoms. The van der Waals surface area contributed by atoms with Crippen LogP contribution in [0.5, 0.6) is 5.75 Å². The van der Waals surface area contributed by atoms with Crippen LogP contribution in [0.3, 0.4) is 0 Å². The fourth-order valence-corrected chi connectivity index (χ4v) is 3.24. The first-order chi connectivity index (χ1) is 12.2. The summed E-state index contributed by atoms with van der Waals surface area (Å²) in [5.41, 5.74) is 4.02. The Hall–Kier alpha value is -3.21. The molecule has 3 aromatic rings. The van der Waals surface area contributed by atoms with Gasteiger partial charge in [0.15, 0.2) is 0 Å². The van der Waals surface area contributed by atoms with Crippen molar-refractivity contribution in [1.82, 2.24) is 10.3 Å². The van der Waals surface area contributed by atoms with E-state index in [1.807, 2.05) is 54.7 Å². The molecule has 0 fully saturated rings. The monoisotopic (exact) mass is 333 g/mol. The summed E-state index contributed by atoms with van der Waals surface area (Å²) in [7, 11) is 1.65. The molecular weight excluding hydrogens is 314 g/mol. The van der Waals surface area contributed by atoms with Crippen LogP contribution in [0.25, 0.3) is 10.9 Å². The van der Waals surface area contributed by atoms with Crippen molar-refractivity contribution in [3.63, 3.8) is 0 Å². The molecule has 2 heterocycles. The summed E-state index contributed by atoms with van der Waals surface area (Å²) < 4.78 is 5.18. The summed E-state index contributed by atoms with van der Waals surface area (Å²) in [6.07, 6.45) is 4.28. The fraction of sp³-hybridized carbons (Fsp3) is 0.150. The minimum absolute atomic E-state index is 0.0222. The van der Waals surface area contributed by atoms with Crippen molar-refractivity contribution >= 4 is 22.5 Å². The number of hydrogen-bond acceptors (Lipinski definition) is 3. The Kier molecular flexibility index (Phi) is 3.90. The van der Waals surface area contributed by atoms with Crippen LogP contribution >= 0.6 is 0 Å². The lowest BCUT2D eigenvalue weighted by molar-refractivity contribution is -0.122. The van der Waals surface area contributed by atoms with Gasteiger partial charge in [0.05, 0.1) is 13.0 Å². The largest absolute Gasteiger partial charge is 0.497 e. The number of rotatable bonds is 4. The quantitative estimate of drug-likeness (QED) is 0.681. The second-order valence-corrected chi connectivity index (χ2v) is 6.07. The van der Waals surface area contributed by atoms with Gasteiger partial charge in [0.2, 0.25) is 5.91 Å². The lowest BCUT2D eigenvalue weighted by Crippen LogP contribution is -2.31. The van der Waals surface area contributed by atoms with Crippen molar-refractivity contribution in [3.05, 3.63) is 72.2 Å². The molecule has 0 saturated carbocycles. The molecule has 0 radical (unpaired) electrons. The number of fused-ring (bicyclic) bond motifs is 1. The van der Waals surface area contributed by atoms with E-state index in [2.05, 4.69) is 15.6 Å². The van der Waals surface area contributed by atoms with Crippen LogP contribution in [0, 0.1) is 0 Å². The van der Waals surface area contributed by atoms with E-state index in [0.717, 1.165) is 33.6 Å². The molecule has 0 aliphatic carbocycles. The van der Waals surface area contributed by atoms with Crippen molar-refractivity contribution in [3.8, 4) is 5.75 Å². The average molecular weight is 333 g/mol. The first-order valence-electron chi connectivity index (χ1n) is 8.21. The summed E-state index contributed by atoms with van der Waals surface area (Å²) in [5, 5.41) is 7.35. The lowest BCUT2D eigenvalue weighted by atomic mass is 9.89. The molecule has 1 aliphatic heterocycles. The molecule has 5 nitrogen and oxygen atoms in total. The number of amides is 1. The van der Waals surface area contributed by atoms with Gasteiger partial charge in [-0.3, -0.25) is 4.79 Å². The first-order valence-corrected chi connectivity index (χ1v) is 8.21. The van der Waals surface area contributed by atoms with Crippen molar-refractivity contribution in [2.24, 2.45) is 0 Å². The van der Waals surface area contributed by atoms with Gasteiger partial charge in [-0.15, -0.1) is 0 Å². The van der Waals surface area contributed by atoms with E-state index in [1.54, 1.807) is 13.3 Å². The van der Waals surface area contributed by atoms with Crippen molar-refractivity contribution in [2.75, 3.05) is 12.4 Å². The van der Waals surface area contributed by atoms with E-state index in [0.29, 0.717) is 6.42 Å². The standard InChI is InChI=1S/C20H19N3O2/c1-25-15-7-5-13(6-8-15)23-14-11-18(20(24)22-12-14)16-3-2-4-19-17(16)9-10-21-19/h2-10,12,18,21,23H,11H2,1H3,(H,22,24). The molecule has 126 valence electrons. The first kappa shape index (κ1) is 15.3. The Morgan fingerprint density at radius 2 is 1.96 bits per heavy atom. The molecule has 4 rings (SSSR count). The molecule has 1 aliphatic rings. The Balaban J connectivity index is 1.58. The highest BCUT2D eigenvalue weighted by atomic mass is 16.5. The number of H-pyrrole nitrogens is 1. The summed E-state index contributed by atoms with van der Waals surface area (Å²) in [6, 6.07) is 15.8. The topological polar surface area (TPSA) is 66.2 Å². The Morgan fingerprint density at radius 1 is 1.12 bits per heavy atom. The molecular formula is C20H19N3O2.